The van der Waals surface area contributed by atoms with Gasteiger partial charge in [0.05, 0.1) is 21.4 Å². The van der Waals surface area contributed by atoms with Crippen molar-refractivity contribution in [2.75, 3.05) is 0 Å². The highest BCUT2D eigenvalue weighted by atomic mass is 16.6. The van der Waals surface area contributed by atoms with Crippen molar-refractivity contribution >= 4 is 22.6 Å². The van der Waals surface area contributed by atoms with Gasteiger partial charge in [0.15, 0.2) is 5.43 Å². The molecule has 0 saturated carbocycles. The molecule has 3 aromatic rings. The van der Waals surface area contributed by atoms with E-state index in [0.29, 0.717) is 0 Å². The van der Waals surface area contributed by atoms with E-state index >= 15 is 0 Å². The molecule has 0 aliphatic heterocycles. The summed E-state index contributed by atoms with van der Waals surface area (Å²) in [5.74, 6) is -1.10. The number of nitro groups is 1. The quantitative estimate of drug-likeness (QED) is 0.588. The molecule has 0 saturated heterocycles. The smallest absolute Gasteiger partial charge is 0.335 e. The zero-order valence-electron chi connectivity index (χ0n) is 11.6. The fourth-order valence-corrected chi connectivity index (χ4v) is 2.26. The molecule has 2 aromatic carbocycles. The molecule has 114 valence electrons. The fraction of sp³-hybridized carbons (Fsp3) is 0. The van der Waals surface area contributed by atoms with E-state index in [1.165, 1.54) is 36.4 Å². The predicted molar refractivity (Wildman–Crippen MR) is 81.5 cm³/mol. The van der Waals surface area contributed by atoms with E-state index in [1.807, 2.05) is 0 Å². The molecule has 1 N–H and O–H groups in total. The molecule has 0 bridgehead atoms. The molecule has 1 aromatic heterocycles. The van der Waals surface area contributed by atoms with Crippen LogP contribution in [-0.2, 0) is 0 Å². The number of nitrogens with zero attached hydrogens (tertiary/aromatic N) is 1. The van der Waals surface area contributed by atoms with Gasteiger partial charge in [-0.25, -0.2) is 4.79 Å². The number of hydrogen-bond acceptors (Lipinski definition) is 5. The third-order valence-electron chi connectivity index (χ3n) is 3.34. The molecule has 7 nitrogen and oxygen atoms in total. The van der Waals surface area contributed by atoms with Crippen LogP contribution < -0.4 is 5.43 Å². The summed E-state index contributed by atoms with van der Waals surface area (Å²) in [6.07, 6.45) is 0. The molecular weight excluding hydrogens is 302 g/mol. The molecule has 0 fully saturated rings. The number of carboxylic acid groups (broad SMARTS) is 1. The number of hydrogen-bond donors (Lipinski definition) is 1. The number of carboxylic acids is 1. The van der Waals surface area contributed by atoms with E-state index in [-0.39, 0.29) is 33.5 Å². The molecule has 0 amide bonds. The van der Waals surface area contributed by atoms with Crippen LogP contribution in [-0.4, -0.2) is 16.0 Å². The first kappa shape index (κ1) is 14.5. The van der Waals surface area contributed by atoms with Crippen molar-refractivity contribution < 1.29 is 19.2 Å². The lowest BCUT2D eigenvalue weighted by Crippen LogP contribution is -2.04. The zero-order chi connectivity index (χ0) is 16.6. The number of carbonyl (C=O) groups is 1. The van der Waals surface area contributed by atoms with Gasteiger partial charge in [-0.3, -0.25) is 14.9 Å². The van der Waals surface area contributed by atoms with Crippen LogP contribution >= 0.6 is 0 Å². The van der Waals surface area contributed by atoms with Gasteiger partial charge in [-0.1, -0.05) is 12.1 Å². The summed E-state index contributed by atoms with van der Waals surface area (Å²) in [6.45, 7) is 0. The van der Waals surface area contributed by atoms with Gasteiger partial charge in [0.25, 0.3) is 5.69 Å². The van der Waals surface area contributed by atoms with E-state index in [1.54, 1.807) is 6.07 Å². The Balaban J connectivity index is 2.26. The van der Waals surface area contributed by atoms with Crippen molar-refractivity contribution in [2.45, 2.75) is 0 Å². The van der Waals surface area contributed by atoms with E-state index in [9.17, 15) is 19.7 Å². The van der Waals surface area contributed by atoms with Gasteiger partial charge < -0.3 is 9.52 Å². The molecule has 3 rings (SSSR count). The Kier molecular flexibility index (Phi) is 3.38. The van der Waals surface area contributed by atoms with Crippen molar-refractivity contribution in [3.63, 3.8) is 0 Å². The van der Waals surface area contributed by atoms with Crippen LogP contribution in [0.5, 0.6) is 0 Å². The van der Waals surface area contributed by atoms with Crippen molar-refractivity contribution in [3.05, 3.63) is 74.4 Å². The van der Waals surface area contributed by atoms with Crippen LogP contribution in [0.1, 0.15) is 10.4 Å². The highest BCUT2D eigenvalue weighted by molar-refractivity contribution is 5.93. The Morgan fingerprint density at radius 1 is 1.13 bits per heavy atom. The van der Waals surface area contributed by atoms with Crippen LogP contribution in [0.15, 0.2) is 57.7 Å². The zero-order valence-corrected chi connectivity index (χ0v) is 11.6. The first-order valence-electron chi connectivity index (χ1n) is 6.52. The molecule has 1 heterocycles. The Bertz CT molecular complexity index is 1000. The molecule has 0 spiro atoms. The van der Waals surface area contributed by atoms with Crippen molar-refractivity contribution in [3.8, 4) is 11.3 Å². The van der Waals surface area contributed by atoms with Gasteiger partial charge in [-0.2, -0.15) is 0 Å². The van der Waals surface area contributed by atoms with Crippen molar-refractivity contribution in [1.82, 2.24) is 0 Å². The number of para-hydroxylation sites is 1. The molecule has 23 heavy (non-hydrogen) atoms. The number of fused-ring (bicyclic) bond motifs is 1. The second-order valence-corrected chi connectivity index (χ2v) is 4.77. The minimum atomic E-state index is -1.16. The Labute approximate surface area is 128 Å². The monoisotopic (exact) mass is 311 g/mol. The summed E-state index contributed by atoms with van der Waals surface area (Å²) < 4.78 is 5.56. The molecule has 0 aliphatic rings. The number of aromatic carboxylic acids is 1. The molecule has 7 heteroatoms. The second kappa shape index (κ2) is 5.38. The maximum absolute atomic E-state index is 12.2. The Morgan fingerprint density at radius 2 is 1.87 bits per heavy atom. The molecular formula is C16H9NO6. The van der Waals surface area contributed by atoms with E-state index in [2.05, 4.69) is 0 Å². The standard InChI is InChI=1S/C16H9NO6/c18-13-8-15(10-3-1-2-4-12(10)17(21)22)23-14-6-5-9(16(19)20)7-11(13)14/h1-8H,(H,19,20). The van der Waals surface area contributed by atoms with Crippen molar-refractivity contribution in [2.24, 2.45) is 0 Å². The Hall–Kier alpha value is -3.48. The predicted octanol–water partition coefficient (Wildman–Crippen LogP) is 3.07. The van der Waals surface area contributed by atoms with Gasteiger partial charge >= 0.3 is 5.97 Å². The van der Waals surface area contributed by atoms with Crippen LogP contribution in [0.3, 0.4) is 0 Å². The highest BCUT2D eigenvalue weighted by Gasteiger charge is 2.18. The summed E-state index contributed by atoms with van der Waals surface area (Å²) in [5.41, 5.74) is -0.350. The van der Waals surface area contributed by atoms with Crippen LogP contribution in [0, 0.1) is 10.1 Å². The number of nitro benzene ring substituents is 1. The summed E-state index contributed by atoms with van der Waals surface area (Å²) >= 11 is 0. The van der Waals surface area contributed by atoms with Crippen LogP contribution in [0.2, 0.25) is 0 Å². The van der Waals surface area contributed by atoms with Crippen LogP contribution in [0.25, 0.3) is 22.3 Å². The van der Waals surface area contributed by atoms with E-state index in [0.717, 1.165) is 6.07 Å². The highest BCUT2D eigenvalue weighted by Crippen LogP contribution is 2.30. The molecule has 0 atom stereocenters. The lowest BCUT2D eigenvalue weighted by molar-refractivity contribution is -0.384. The summed E-state index contributed by atoms with van der Waals surface area (Å²) in [4.78, 5) is 33.7. The topological polar surface area (TPSA) is 111 Å². The van der Waals surface area contributed by atoms with E-state index in [4.69, 9.17) is 9.52 Å². The summed E-state index contributed by atoms with van der Waals surface area (Å²) in [5, 5.41) is 20.1. The van der Waals surface area contributed by atoms with Gasteiger partial charge in [-0.15, -0.1) is 0 Å². The Morgan fingerprint density at radius 3 is 2.57 bits per heavy atom. The second-order valence-electron chi connectivity index (χ2n) is 4.77. The molecule has 0 unspecified atom stereocenters. The third-order valence-corrected chi connectivity index (χ3v) is 3.34. The minimum Gasteiger partial charge on any atom is -0.478 e. The first-order chi connectivity index (χ1) is 11.0. The molecule has 0 radical (unpaired) electrons. The molecule has 0 aliphatic carbocycles. The van der Waals surface area contributed by atoms with E-state index < -0.39 is 16.3 Å². The first-order valence-corrected chi connectivity index (χ1v) is 6.52. The SMILES string of the molecule is O=C(O)c1ccc2oc(-c3ccccc3[N+](=O)[O-])cc(=O)c2c1. The van der Waals surface area contributed by atoms with Crippen LogP contribution in [0.4, 0.5) is 5.69 Å². The normalized spacial score (nSPS) is 10.6. The average molecular weight is 311 g/mol. The third kappa shape index (κ3) is 2.55. The van der Waals surface area contributed by atoms with Gasteiger partial charge in [0.1, 0.15) is 11.3 Å². The number of benzene rings is 2. The summed E-state index contributed by atoms with van der Waals surface area (Å²) in [7, 11) is 0. The van der Waals surface area contributed by atoms with Gasteiger partial charge in [0.2, 0.25) is 0 Å². The maximum atomic E-state index is 12.2. The van der Waals surface area contributed by atoms with Gasteiger partial charge in [0, 0.05) is 12.1 Å². The fourth-order valence-electron chi connectivity index (χ4n) is 2.26. The van der Waals surface area contributed by atoms with Crippen molar-refractivity contribution in [1.29, 1.82) is 0 Å². The largest absolute Gasteiger partial charge is 0.478 e. The lowest BCUT2D eigenvalue weighted by atomic mass is 10.1. The van der Waals surface area contributed by atoms with Gasteiger partial charge in [-0.05, 0) is 24.3 Å². The average Bonchev–Trinajstić information content (AvgIpc) is 2.54. The maximum Gasteiger partial charge on any atom is 0.335 e. The number of rotatable bonds is 3. The minimum absolute atomic E-state index is 0.0387. The summed E-state index contributed by atoms with van der Waals surface area (Å²) in [6, 6.07) is 10.9. The lowest BCUT2D eigenvalue weighted by Gasteiger charge is -2.04.